The summed E-state index contributed by atoms with van der Waals surface area (Å²) in [5, 5.41) is 27.6. The average molecular weight is 733 g/mol. The smallest absolute Gasteiger partial charge is 0.423 e. The molecule has 0 bridgehead atoms. The van der Waals surface area contributed by atoms with Gasteiger partial charge in [-0.1, -0.05) is 60.7 Å². The van der Waals surface area contributed by atoms with E-state index in [1.54, 1.807) is 43.4 Å². The minimum Gasteiger partial charge on any atom is -0.423 e. The highest BCUT2D eigenvalue weighted by atomic mass is 31.2. The van der Waals surface area contributed by atoms with Gasteiger partial charge in [0.1, 0.15) is 11.5 Å². The van der Waals surface area contributed by atoms with E-state index >= 15 is 0 Å². The zero-order valence-electron chi connectivity index (χ0n) is 27.5. The first-order valence-electron chi connectivity index (χ1n) is 15.5. The van der Waals surface area contributed by atoms with Crippen LogP contribution < -0.4 is 25.9 Å². The van der Waals surface area contributed by atoms with Crippen molar-refractivity contribution >= 4 is 45.3 Å². The van der Waals surface area contributed by atoms with Gasteiger partial charge in [0.05, 0.1) is 37.4 Å². The van der Waals surface area contributed by atoms with E-state index in [1.807, 2.05) is 0 Å². The van der Waals surface area contributed by atoms with Crippen molar-refractivity contribution in [3.63, 3.8) is 0 Å². The fourth-order valence-electron chi connectivity index (χ4n) is 5.11. The Balaban J connectivity index is 1.71. The Hall–Kier alpha value is -3.37. The molecule has 0 aliphatic carbocycles. The molecule has 0 aliphatic rings. The molecule has 15 nitrogen and oxygen atoms in total. The zero-order chi connectivity index (χ0) is 37.1. The number of carbonyl (C=O) groups excluding carboxylic acids is 3. The maximum absolute atomic E-state index is 13.6. The molecule has 0 aromatic heterocycles. The third-order valence-electron chi connectivity index (χ3n) is 7.82. The Bertz CT molecular complexity index is 1680. The maximum Gasteiger partial charge on any atom is 0.524 e. The van der Waals surface area contributed by atoms with Crippen LogP contribution >= 0.6 is 15.4 Å². The van der Waals surface area contributed by atoms with E-state index in [0.29, 0.717) is 11.1 Å². The van der Waals surface area contributed by atoms with Gasteiger partial charge in [-0.15, -0.1) is 0 Å². The molecule has 0 amide bonds. The molecule has 270 valence electrons. The van der Waals surface area contributed by atoms with Crippen molar-refractivity contribution in [2.24, 2.45) is 0 Å². The first-order chi connectivity index (χ1) is 23.4. The van der Waals surface area contributed by atoms with E-state index < -0.39 is 46.8 Å². The Morgan fingerprint density at radius 2 is 1.10 bits per heavy atom. The van der Waals surface area contributed by atoms with Crippen molar-refractivity contribution in [3.05, 3.63) is 95.1 Å². The lowest BCUT2D eigenvalue weighted by atomic mass is 9.80. The van der Waals surface area contributed by atoms with Gasteiger partial charge in [0.2, 0.25) is 0 Å². The molecular weight excluding hydrogens is 691 g/mol. The van der Waals surface area contributed by atoms with Gasteiger partial charge in [0.25, 0.3) is 0 Å². The summed E-state index contributed by atoms with van der Waals surface area (Å²) < 4.78 is 27.1. The molecule has 0 radical (unpaired) electrons. The highest BCUT2D eigenvalue weighted by Gasteiger charge is 2.25. The molecule has 0 unspecified atom stereocenters. The number of benzene rings is 3. The first kappa shape index (κ1) is 41.1. The summed E-state index contributed by atoms with van der Waals surface area (Å²) in [6.45, 7) is 0.933. The van der Waals surface area contributed by atoms with Crippen molar-refractivity contribution in [1.82, 2.24) is 16.0 Å². The van der Waals surface area contributed by atoms with Crippen molar-refractivity contribution in [2.75, 3.05) is 20.1 Å². The van der Waals surface area contributed by atoms with Gasteiger partial charge in [0, 0.05) is 0 Å². The number of hydrogen-bond donors (Lipinski definition) is 9. The summed E-state index contributed by atoms with van der Waals surface area (Å²) in [5.41, 5.74) is 2.81. The van der Waals surface area contributed by atoms with Gasteiger partial charge >= 0.3 is 22.5 Å². The lowest BCUT2D eigenvalue weighted by Crippen LogP contribution is -2.50. The van der Waals surface area contributed by atoms with Crippen LogP contribution in [-0.2, 0) is 48.9 Å². The van der Waals surface area contributed by atoms with Gasteiger partial charge in [-0.05, 0) is 73.1 Å². The number of ketones is 3. The standard InChI is InChI=1S/C32H42BN3O12P2/c1-21(37)28(15-23-7-11-26(12-8-23)33(40)41)35-19-32(39)30(17-24-9-13-27(14-10-24)48-50(45,46)47)36-18-31(38)29(34-2)16-22-3-5-25(6-4-22)20-49(42,43)44/h3-14,28-30,34-36,40-41H,15-20H2,1-2H3,(H2,42,43,44)(H2,45,46,47)/t28-,29-,30-/m0/s1. The van der Waals surface area contributed by atoms with Gasteiger partial charge in [-0.2, -0.15) is 0 Å². The maximum atomic E-state index is 13.6. The van der Waals surface area contributed by atoms with E-state index in [1.165, 1.54) is 43.3 Å². The number of phosphoric acid groups is 1. The zero-order valence-corrected chi connectivity index (χ0v) is 29.3. The first-order valence-corrected chi connectivity index (χ1v) is 18.9. The Morgan fingerprint density at radius 3 is 1.56 bits per heavy atom. The largest absolute Gasteiger partial charge is 0.524 e. The summed E-state index contributed by atoms with van der Waals surface area (Å²) in [5.74, 6) is -0.927. The molecule has 0 fully saturated rings. The molecule has 0 spiro atoms. The lowest BCUT2D eigenvalue weighted by Gasteiger charge is -2.22. The second-order valence-corrected chi connectivity index (χ2v) is 14.7. The van der Waals surface area contributed by atoms with Crippen LogP contribution in [-0.4, -0.2) is 92.4 Å². The van der Waals surface area contributed by atoms with Crippen molar-refractivity contribution < 1.29 is 57.7 Å². The van der Waals surface area contributed by atoms with Crippen LogP contribution in [0.2, 0.25) is 0 Å². The fraction of sp³-hybridized carbons (Fsp3) is 0.344. The van der Waals surface area contributed by atoms with Crippen LogP contribution in [0.15, 0.2) is 72.8 Å². The van der Waals surface area contributed by atoms with Gasteiger partial charge in [0.15, 0.2) is 11.6 Å². The normalized spacial score (nSPS) is 13.7. The fourth-order valence-corrected chi connectivity index (χ4v) is 6.19. The molecule has 0 saturated heterocycles. The molecule has 18 heteroatoms. The number of phosphoric ester groups is 1. The van der Waals surface area contributed by atoms with Gasteiger partial charge in [-0.25, -0.2) is 4.57 Å². The van der Waals surface area contributed by atoms with E-state index in [0.717, 1.165) is 11.1 Å². The van der Waals surface area contributed by atoms with E-state index in [2.05, 4.69) is 20.5 Å². The minimum atomic E-state index is -4.78. The van der Waals surface area contributed by atoms with Crippen molar-refractivity contribution in [2.45, 2.75) is 50.5 Å². The predicted octanol–water partition coefficient (Wildman–Crippen LogP) is -0.225. The molecule has 3 rings (SSSR count). The number of rotatable bonds is 21. The molecule has 0 aliphatic heterocycles. The van der Waals surface area contributed by atoms with Crippen LogP contribution in [0.3, 0.4) is 0 Å². The Morgan fingerprint density at radius 1 is 0.680 bits per heavy atom. The van der Waals surface area contributed by atoms with Crippen LogP contribution in [0.5, 0.6) is 5.75 Å². The molecule has 0 saturated carbocycles. The second kappa shape index (κ2) is 18.7. The lowest BCUT2D eigenvalue weighted by molar-refractivity contribution is -0.122. The van der Waals surface area contributed by atoms with Crippen LogP contribution in [0, 0.1) is 0 Å². The average Bonchev–Trinajstić information content (AvgIpc) is 3.03. The predicted molar refractivity (Wildman–Crippen MR) is 186 cm³/mol. The molecule has 3 aromatic carbocycles. The summed E-state index contributed by atoms with van der Waals surface area (Å²) in [4.78, 5) is 75.9. The summed E-state index contributed by atoms with van der Waals surface area (Å²) in [7, 11) is -9.02. The number of hydrogen-bond acceptors (Lipinski definition) is 11. The van der Waals surface area contributed by atoms with Crippen LogP contribution in [0.4, 0.5) is 0 Å². The molecule has 0 heterocycles. The van der Waals surface area contributed by atoms with E-state index in [-0.39, 0.29) is 60.9 Å². The summed E-state index contributed by atoms with van der Waals surface area (Å²) in [6.07, 6.45) is 0.190. The minimum absolute atomic E-state index is 0.0766. The Kier molecular flexibility index (Phi) is 15.4. The number of Topliss-reactive ketones (excluding diaryl/α,β-unsaturated/α-hetero) is 3. The van der Waals surface area contributed by atoms with Crippen LogP contribution in [0.25, 0.3) is 0 Å². The summed E-state index contributed by atoms with van der Waals surface area (Å²) in [6, 6.07) is 16.3. The van der Waals surface area contributed by atoms with Crippen LogP contribution in [0.1, 0.15) is 29.2 Å². The third-order valence-corrected chi connectivity index (χ3v) is 9.04. The van der Waals surface area contributed by atoms with E-state index in [9.17, 15) is 43.3 Å². The number of nitrogens with one attached hydrogen (secondary N) is 3. The van der Waals surface area contributed by atoms with Gasteiger partial charge < -0.3 is 40.3 Å². The highest BCUT2D eigenvalue weighted by molar-refractivity contribution is 7.50. The third kappa shape index (κ3) is 14.5. The van der Waals surface area contributed by atoms with Crippen molar-refractivity contribution in [1.29, 1.82) is 0 Å². The second-order valence-electron chi connectivity index (χ2n) is 11.8. The van der Waals surface area contributed by atoms with E-state index in [4.69, 9.17) is 9.79 Å². The SMILES string of the molecule is CN[C@@H](Cc1ccc(CP(=O)(O)O)cc1)C(=O)CN[C@@H](Cc1ccc(OP(=O)(O)O)cc1)C(=O)CN[C@@H](Cc1ccc(B(O)O)cc1)C(C)=O. The highest BCUT2D eigenvalue weighted by Crippen LogP contribution is 2.39. The molecule has 3 aromatic rings. The topological polar surface area (TPSA) is 252 Å². The van der Waals surface area contributed by atoms with Crippen molar-refractivity contribution in [3.8, 4) is 5.75 Å². The number of likely N-dealkylation sites (N-methyl/N-ethyl adjacent to an activating group) is 1. The molecular formula is C32H42BN3O12P2. The molecule has 3 atom stereocenters. The molecule has 50 heavy (non-hydrogen) atoms. The quantitative estimate of drug-likeness (QED) is 0.0507. The Labute approximate surface area is 290 Å². The monoisotopic (exact) mass is 733 g/mol. The van der Waals surface area contributed by atoms with Gasteiger partial charge in [-0.3, -0.25) is 28.7 Å². The summed E-state index contributed by atoms with van der Waals surface area (Å²) >= 11 is 0. The number of carbonyl (C=O) groups is 3. The molecule has 9 N–H and O–H groups in total.